The second-order valence-corrected chi connectivity index (χ2v) is 5.95. The number of amides is 1. The Kier molecular flexibility index (Phi) is 5.08. The second kappa shape index (κ2) is 7.61. The third-order valence-electron chi connectivity index (χ3n) is 3.31. The van der Waals surface area contributed by atoms with Gasteiger partial charge in [0.2, 0.25) is 0 Å². The Labute approximate surface area is 143 Å². The molecule has 6 heteroatoms. The fraction of sp³-hybridized carbons (Fsp3) is 0.111. The number of hydrogen-bond acceptors (Lipinski definition) is 5. The molecule has 0 aliphatic rings. The molecule has 24 heavy (non-hydrogen) atoms. The maximum Gasteiger partial charge on any atom is 0.412 e. The summed E-state index contributed by atoms with van der Waals surface area (Å²) in [6.07, 6.45) is 0.0805. The number of benzene rings is 2. The molecule has 0 aliphatic heterocycles. The molecule has 0 bridgehead atoms. The topological polar surface area (TPSA) is 71.5 Å². The van der Waals surface area contributed by atoms with Crippen molar-refractivity contribution in [3.8, 4) is 5.75 Å². The van der Waals surface area contributed by atoms with E-state index in [2.05, 4.69) is 10.3 Å². The van der Waals surface area contributed by atoms with Gasteiger partial charge in [0.1, 0.15) is 12.4 Å². The van der Waals surface area contributed by atoms with Crippen LogP contribution in [0.2, 0.25) is 0 Å². The summed E-state index contributed by atoms with van der Waals surface area (Å²) in [5, 5.41) is 14.3. The van der Waals surface area contributed by atoms with Crippen molar-refractivity contribution in [1.82, 2.24) is 4.98 Å². The van der Waals surface area contributed by atoms with Crippen LogP contribution in [0, 0.1) is 0 Å². The summed E-state index contributed by atoms with van der Waals surface area (Å²) < 4.78 is 5.10. The largest absolute Gasteiger partial charge is 0.508 e. The van der Waals surface area contributed by atoms with Crippen molar-refractivity contribution >= 4 is 23.1 Å². The number of hydrogen-bond donors (Lipinski definition) is 2. The molecule has 0 atom stereocenters. The van der Waals surface area contributed by atoms with Crippen molar-refractivity contribution in [3.05, 3.63) is 76.2 Å². The Bertz CT molecular complexity index is 804. The van der Waals surface area contributed by atoms with Crippen LogP contribution < -0.4 is 5.32 Å². The molecular formula is C18H16N2O3S. The lowest BCUT2D eigenvalue weighted by molar-refractivity contribution is 0.154. The molecule has 3 rings (SSSR count). The average Bonchev–Trinajstić information content (AvgIpc) is 3.07. The highest BCUT2D eigenvalue weighted by Crippen LogP contribution is 2.22. The van der Waals surface area contributed by atoms with Crippen LogP contribution in [-0.2, 0) is 17.8 Å². The van der Waals surface area contributed by atoms with Gasteiger partial charge in [-0.3, -0.25) is 5.32 Å². The van der Waals surface area contributed by atoms with Crippen LogP contribution in [0.5, 0.6) is 5.75 Å². The Morgan fingerprint density at radius 2 is 2.00 bits per heavy atom. The molecule has 0 saturated heterocycles. The molecule has 0 fully saturated rings. The van der Waals surface area contributed by atoms with E-state index in [4.69, 9.17) is 4.74 Å². The van der Waals surface area contributed by atoms with Crippen LogP contribution in [-0.4, -0.2) is 16.2 Å². The number of nitrogens with zero attached hydrogens (tertiary/aromatic N) is 1. The lowest BCUT2D eigenvalue weighted by atomic mass is 10.0. The number of aromatic nitrogens is 1. The predicted molar refractivity (Wildman–Crippen MR) is 93.3 cm³/mol. The van der Waals surface area contributed by atoms with Crippen LogP contribution in [0.4, 0.5) is 10.5 Å². The fourth-order valence-electron chi connectivity index (χ4n) is 2.28. The van der Waals surface area contributed by atoms with E-state index in [1.54, 1.807) is 11.6 Å². The van der Waals surface area contributed by atoms with Gasteiger partial charge in [-0.1, -0.05) is 30.3 Å². The molecule has 1 amide bonds. The van der Waals surface area contributed by atoms with Crippen molar-refractivity contribution in [2.24, 2.45) is 0 Å². The number of ether oxygens (including phenoxy) is 1. The van der Waals surface area contributed by atoms with Gasteiger partial charge in [-0.2, -0.15) is 0 Å². The molecule has 0 radical (unpaired) electrons. The predicted octanol–water partition coefficient (Wildman–Crippen LogP) is 4.19. The first-order chi connectivity index (χ1) is 11.7. The van der Waals surface area contributed by atoms with Gasteiger partial charge in [-0.15, -0.1) is 11.3 Å². The monoisotopic (exact) mass is 340 g/mol. The van der Waals surface area contributed by atoms with Crippen LogP contribution in [0.15, 0.2) is 59.4 Å². The highest BCUT2D eigenvalue weighted by Gasteiger charge is 2.07. The van der Waals surface area contributed by atoms with Crippen LogP contribution in [0.25, 0.3) is 0 Å². The van der Waals surface area contributed by atoms with E-state index in [0.29, 0.717) is 17.8 Å². The van der Waals surface area contributed by atoms with E-state index >= 15 is 0 Å². The zero-order valence-corrected chi connectivity index (χ0v) is 13.6. The number of aromatic hydroxyl groups is 1. The van der Waals surface area contributed by atoms with E-state index in [1.165, 1.54) is 17.4 Å². The summed E-state index contributed by atoms with van der Waals surface area (Å²) in [5.74, 6) is 0.0956. The van der Waals surface area contributed by atoms with Crippen molar-refractivity contribution in [2.45, 2.75) is 13.0 Å². The number of phenolic OH excluding ortho intramolecular Hbond substituents is 1. The van der Waals surface area contributed by atoms with Gasteiger partial charge in [-0.05, 0) is 29.7 Å². The lowest BCUT2D eigenvalue weighted by Crippen LogP contribution is -2.13. The summed E-state index contributed by atoms with van der Waals surface area (Å²) in [7, 11) is 0. The van der Waals surface area contributed by atoms with Crippen molar-refractivity contribution in [2.75, 3.05) is 5.32 Å². The maximum atomic E-state index is 11.8. The van der Waals surface area contributed by atoms with E-state index in [0.717, 1.165) is 11.1 Å². The van der Waals surface area contributed by atoms with Gasteiger partial charge in [0.15, 0.2) is 0 Å². The number of phenols is 1. The van der Waals surface area contributed by atoms with Crippen molar-refractivity contribution in [3.63, 3.8) is 0 Å². The van der Waals surface area contributed by atoms with Crippen LogP contribution in [0.1, 0.15) is 16.8 Å². The molecule has 2 aromatic carbocycles. The molecule has 0 aliphatic carbocycles. The molecule has 1 heterocycles. The first kappa shape index (κ1) is 16.0. The molecule has 2 N–H and O–H groups in total. The minimum absolute atomic E-state index is 0.0956. The number of carbonyl (C=O) groups is 1. The Balaban J connectivity index is 1.63. The van der Waals surface area contributed by atoms with Gasteiger partial charge < -0.3 is 9.84 Å². The zero-order valence-electron chi connectivity index (χ0n) is 12.8. The molecule has 0 saturated carbocycles. The third kappa shape index (κ3) is 4.57. The quantitative estimate of drug-likeness (QED) is 0.730. The summed E-state index contributed by atoms with van der Waals surface area (Å²) >= 11 is 1.44. The van der Waals surface area contributed by atoms with Gasteiger partial charge in [0.05, 0.1) is 11.2 Å². The first-order valence-corrected chi connectivity index (χ1v) is 8.31. The Morgan fingerprint density at radius 3 is 2.75 bits per heavy atom. The minimum atomic E-state index is -0.584. The van der Waals surface area contributed by atoms with Gasteiger partial charge in [0.25, 0.3) is 0 Å². The summed E-state index contributed by atoms with van der Waals surface area (Å²) in [5.41, 5.74) is 4.90. The first-order valence-electron chi connectivity index (χ1n) is 7.37. The van der Waals surface area contributed by atoms with Crippen molar-refractivity contribution < 1.29 is 14.6 Å². The van der Waals surface area contributed by atoms with Gasteiger partial charge in [-0.25, -0.2) is 9.78 Å². The normalized spacial score (nSPS) is 10.3. The van der Waals surface area contributed by atoms with Crippen LogP contribution >= 0.6 is 11.3 Å². The molecule has 0 unspecified atom stereocenters. The number of anilines is 1. The van der Waals surface area contributed by atoms with Gasteiger partial charge in [0, 0.05) is 17.1 Å². The van der Waals surface area contributed by atoms with Crippen molar-refractivity contribution in [1.29, 1.82) is 0 Å². The van der Waals surface area contributed by atoms with E-state index in [9.17, 15) is 9.90 Å². The zero-order chi connectivity index (χ0) is 16.8. The molecule has 5 nitrogen and oxygen atoms in total. The number of carbonyl (C=O) groups excluding carboxylic acids is 1. The average molecular weight is 340 g/mol. The highest BCUT2D eigenvalue weighted by atomic mass is 32.1. The number of thiazole rings is 1. The smallest absolute Gasteiger partial charge is 0.412 e. The van der Waals surface area contributed by atoms with Crippen LogP contribution in [0.3, 0.4) is 0 Å². The summed E-state index contributed by atoms with van der Waals surface area (Å²) in [4.78, 5) is 15.9. The summed E-state index contributed by atoms with van der Waals surface area (Å²) in [6.45, 7) is 0.116. The fourth-order valence-corrected chi connectivity index (χ4v) is 2.83. The van der Waals surface area contributed by atoms with E-state index in [1.807, 2.05) is 41.8 Å². The third-order valence-corrected chi connectivity index (χ3v) is 3.94. The minimum Gasteiger partial charge on any atom is -0.508 e. The second-order valence-electron chi connectivity index (χ2n) is 5.23. The Hall–Kier alpha value is -2.86. The number of nitrogens with one attached hydrogen (secondary N) is 1. The Morgan fingerprint density at radius 1 is 1.17 bits per heavy atom. The SMILES string of the molecule is O=C(Nc1cc(O)cc(Cc2ccccc2)c1)OCc1cscn1. The number of rotatable bonds is 5. The standard InChI is InChI=1S/C18H16N2O3S/c21-17-8-14(6-13-4-2-1-3-5-13)7-15(9-17)20-18(22)23-10-16-11-24-12-19-16/h1-5,7-9,11-12,21H,6,10H2,(H,20,22). The molecule has 1 aromatic heterocycles. The van der Waals surface area contributed by atoms with E-state index < -0.39 is 6.09 Å². The molecule has 3 aromatic rings. The maximum absolute atomic E-state index is 11.8. The lowest BCUT2D eigenvalue weighted by Gasteiger charge is -2.09. The molecule has 0 spiro atoms. The summed E-state index contributed by atoms with van der Waals surface area (Å²) in [6, 6.07) is 14.9. The van der Waals surface area contributed by atoms with Gasteiger partial charge >= 0.3 is 6.09 Å². The van der Waals surface area contributed by atoms with E-state index in [-0.39, 0.29) is 12.4 Å². The molecular weight excluding hydrogens is 324 g/mol. The molecule has 122 valence electrons. The highest BCUT2D eigenvalue weighted by molar-refractivity contribution is 7.07.